The normalized spacial score (nSPS) is 10.6. The first kappa shape index (κ1) is 14.0. The summed E-state index contributed by atoms with van der Waals surface area (Å²) in [6.07, 6.45) is 1.80. The van der Waals surface area contributed by atoms with Gasteiger partial charge in [0.15, 0.2) is 11.5 Å². The standard InChI is InChI=1S/C15H13FN4O2/c1-20-7-6-12(18-20)9-17-15(21)13-8-14(22-19-13)10-2-4-11(16)5-3-10/h2-8H,9H2,1H3,(H,17,21). The number of aryl methyl sites for hydroxylation is 1. The van der Waals surface area contributed by atoms with E-state index in [1.165, 1.54) is 18.2 Å². The third-order valence-corrected chi connectivity index (χ3v) is 3.07. The molecule has 6 nitrogen and oxygen atoms in total. The molecule has 0 radical (unpaired) electrons. The third-order valence-electron chi connectivity index (χ3n) is 3.07. The average molecular weight is 300 g/mol. The molecule has 112 valence electrons. The third kappa shape index (κ3) is 3.03. The molecule has 0 bridgehead atoms. The van der Waals surface area contributed by atoms with E-state index in [0.717, 1.165) is 5.69 Å². The van der Waals surface area contributed by atoms with Gasteiger partial charge in [0.25, 0.3) is 5.91 Å². The summed E-state index contributed by atoms with van der Waals surface area (Å²) in [6, 6.07) is 9.09. The largest absolute Gasteiger partial charge is 0.355 e. The monoisotopic (exact) mass is 300 g/mol. The quantitative estimate of drug-likeness (QED) is 0.801. The van der Waals surface area contributed by atoms with E-state index >= 15 is 0 Å². The number of aromatic nitrogens is 3. The van der Waals surface area contributed by atoms with Gasteiger partial charge in [-0.2, -0.15) is 5.10 Å². The smallest absolute Gasteiger partial charge is 0.273 e. The highest BCUT2D eigenvalue weighted by atomic mass is 19.1. The Morgan fingerprint density at radius 2 is 2.09 bits per heavy atom. The van der Waals surface area contributed by atoms with Crippen LogP contribution in [-0.4, -0.2) is 20.8 Å². The number of rotatable bonds is 4. The molecule has 0 unspecified atom stereocenters. The Hall–Kier alpha value is -2.96. The number of hydrogen-bond acceptors (Lipinski definition) is 4. The molecule has 1 N–H and O–H groups in total. The molecule has 2 heterocycles. The number of hydrogen-bond donors (Lipinski definition) is 1. The van der Waals surface area contributed by atoms with Crippen molar-refractivity contribution < 1.29 is 13.7 Å². The summed E-state index contributed by atoms with van der Waals surface area (Å²) >= 11 is 0. The molecule has 0 aliphatic carbocycles. The van der Waals surface area contributed by atoms with E-state index in [1.807, 2.05) is 6.07 Å². The van der Waals surface area contributed by atoms with Crippen LogP contribution in [0.1, 0.15) is 16.2 Å². The maximum absolute atomic E-state index is 12.9. The Balaban J connectivity index is 1.67. The highest BCUT2D eigenvalue weighted by molar-refractivity contribution is 5.93. The summed E-state index contributed by atoms with van der Waals surface area (Å²) in [5.74, 6) is -0.289. The molecule has 1 aromatic carbocycles. The summed E-state index contributed by atoms with van der Waals surface area (Å²) in [7, 11) is 1.80. The van der Waals surface area contributed by atoms with Crippen LogP contribution in [-0.2, 0) is 13.6 Å². The van der Waals surface area contributed by atoms with Gasteiger partial charge in [-0.15, -0.1) is 0 Å². The van der Waals surface area contributed by atoms with E-state index in [-0.39, 0.29) is 17.4 Å². The fourth-order valence-corrected chi connectivity index (χ4v) is 1.95. The lowest BCUT2D eigenvalue weighted by atomic mass is 10.1. The number of carbonyl (C=O) groups is 1. The van der Waals surface area contributed by atoms with Gasteiger partial charge in [-0.25, -0.2) is 4.39 Å². The van der Waals surface area contributed by atoms with Gasteiger partial charge in [0.1, 0.15) is 5.82 Å². The molecule has 2 aromatic heterocycles. The molecule has 3 aromatic rings. The van der Waals surface area contributed by atoms with Crippen molar-refractivity contribution in [1.29, 1.82) is 0 Å². The lowest BCUT2D eigenvalue weighted by Gasteiger charge is -1.98. The first-order chi connectivity index (χ1) is 10.6. The van der Waals surface area contributed by atoms with Gasteiger partial charge >= 0.3 is 0 Å². The van der Waals surface area contributed by atoms with Crippen molar-refractivity contribution in [3.63, 3.8) is 0 Å². The summed E-state index contributed by atoms with van der Waals surface area (Å²) in [6.45, 7) is 0.304. The number of nitrogens with one attached hydrogen (secondary N) is 1. The second-order valence-electron chi connectivity index (χ2n) is 4.75. The van der Waals surface area contributed by atoms with E-state index in [4.69, 9.17) is 4.52 Å². The van der Waals surface area contributed by atoms with Gasteiger partial charge in [-0.3, -0.25) is 9.48 Å². The van der Waals surface area contributed by atoms with E-state index in [0.29, 0.717) is 17.9 Å². The average Bonchev–Trinajstić information content (AvgIpc) is 3.15. The topological polar surface area (TPSA) is 73.0 Å². The van der Waals surface area contributed by atoms with Crippen molar-refractivity contribution in [2.24, 2.45) is 7.05 Å². The van der Waals surface area contributed by atoms with Crippen molar-refractivity contribution >= 4 is 5.91 Å². The van der Waals surface area contributed by atoms with Gasteiger partial charge in [0.2, 0.25) is 0 Å². The molecule has 0 saturated heterocycles. The van der Waals surface area contributed by atoms with E-state index < -0.39 is 0 Å². The van der Waals surface area contributed by atoms with E-state index in [1.54, 1.807) is 30.1 Å². The molecule has 3 rings (SSSR count). The molecule has 0 atom stereocenters. The molecule has 0 aliphatic rings. The zero-order chi connectivity index (χ0) is 15.5. The van der Waals surface area contributed by atoms with Crippen molar-refractivity contribution in [3.8, 4) is 11.3 Å². The van der Waals surface area contributed by atoms with Crippen molar-refractivity contribution in [2.75, 3.05) is 0 Å². The predicted molar refractivity (Wildman–Crippen MR) is 76.3 cm³/mol. The second kappa shape index (κ2) is 5.80. The minimum absolute atomic E-state index is 0.162. The van der Waals surface area contributed by atoms with E-state index in [9.17, 15) is 9.18 Å². The maximum atomic E-state index is 12.9. The predicted octanol–water partition coefficient (Wildman–Crippen LogP) is 2.14. The molecular weight excluding hydrogens is 287 g/mol. The Bertz CT molecular complexity index is 792. The Labute approximate surface area is 125 Å². The van der Waals surface area contributed by atoms with Crippen LogP contribution in [0.4, 0.5) is 4.39 Å². The number of halogens is 1. The first-order valence-electron chi connectivity index (χ1n) is 6.61. The summed E-state index contributed by atoms with van der Waals surface area (Å²) in [4.78, 5) is 12.0. The molecule has 0 fully saturated rings. The molecular formula is C15H13FN4O2. The molecule has 0 spiro atoms. The van der Waals surface area contributed by atoms with Crippen molar-refractivity contribution in [2.45, 2.75) is 6.54 Å². The van der Waals surface area contributed by atoms with Gasteiger partial charge < -0.3 is 9.84 Å². The van der Waals surface area contributed by atoms with Gasteiger partial charge in [0, 0.05) is 24.9 Å². The number of nitrogens with zero attached hydrogens (tertiary/aromatic N) is 3. The van der Waals surface area contributed by atoms with Crippen LogP contribution in [0.5, 0.6) is 0 Å². The number of carbonyl (C=O) groups excluding carboxylic acids is 1. The molecule has 0 saturated carbocycles. The molecule has 7 heteroatoms. The molecule has 22 heavy (non-hydrogen) atoms. The molecule has 1 amide bonds. The first-order valence-corrected chi connectivity index (χ1v) is 6.61. The minimum atomic E-state index is -0.359. The zero-order valence-electron chi connectivity index (χ0n) is 11.8. The van der Waals surface area contributed by atoms with Crippen molar-refractivity contribution in [3.05, 3.63) is 59.8 Å². The summed E-state index contributed by atoms with van der Waals surface area (Å²) < 4.78 is 19.7. The molecule has 0 aliphatic heterocycles. The highest BCUT2D eigenvalue weighted by Crippen LogP contribution is 2.20. The van der Waals surface area contributed by atoms with Crippen LogP contribution in [0.2, 0.25) is 0 Å². The Kier molecular flexibility index (Phi) is 3.69. The Morgan fingerprint density at radius 3 is 2.77 bits per heavy atom. The summed E-state index contributed by atoms with van der Waals surface area (Å²) in [5, 5.41) is 10.6. The minimum Gasteiger partial charge on any atom is -0.355 e. The van der Waals surface area contributed by atoms with Crippen LogP contribution >= 0.6 is 0 Å². The van der Waals surface area contributed by atoms with Crippen LogP contribution in [0.3, 0.4) is 0 Å². The zero-order valence-corrected chi connectivity index (χ0v) is 11.8. The highest BCUT2D eigenvalue weighted by Gasteiger charge is 2.13. The SMILES string of the molecule is Cn1ccc(CNC(=O)c2cc(-c3ccc(F)cc3)on2)n1. The van der Waals surface area contributed by atoms with Crippen molar-refractivity contribution in [1.82, 2.24) is 20.3 Å². The fraction of sp³-hybridized carbons (Fsp3) is 0.133. The lowest BCUT2D eigenvalue weighted by Crippen LogP contribution is -2.23. The van der Waals surface area contributed by atoms with Gasteiger partial charge in [-0.05, 0) is 30.3 Å². The van der Waals surface area contributed by atoms with E-state index in [2.05, 4.69) is 15.6 Å². The number of amides is 1. The summed E-state index contributed by atoms with van der Waals surface area (Å²) in [5.41, 5.74) is 1.56. The van der Waals surface area contributed by atoms with Gasteiger partial charge in [-0.1, -0.05) is 5.16 Å². The van der Waals surface area contributed by atoms with Crippen LogP contribution in [0.15, 0.2) is 47.1 Å². The maximum Gasteiger partial charge on any atom is 0.273 e. The van der Waals surface area contributed by atoms with Crippen LogP contribution in [0.25, 0.3) is 11.3 Å². The van der Waals surface area contributed by atoms with Crippen LogP contribution < -0.4 is 5.32 Å². The van der Waals surface area contributed by atoms with Crippen LogP contribution in [0, 0.1) is 5.82 Å². The fourth-order valence-electron chi connectivity index (χ4n) is 1.95. The second-order valence-corrected chi connectivity index (χ2v) is 4.75. The Morgan fingerprint density at radius 1 is 1.32 bits per heavy atom. The number of benzene rings is 1. The lowest BCUT2D eigenvalue weighted by molar-refractivity contribution is 0.0941. The van der Waals surface area contributed by atoms with Gasteiger partial charge in [0.05, 0.1) is 12.2 Å².